The predicted molar refractivity (Wildman–Crippen MR) is 209 cm³/mol. The normalized spacial score (nSPS) is 22.6. The molecular formula is C38H51N9O11. The Kier molecular flexibility index (Phi) is 13.5. The number of hydrogen-bond donors (Lipinski definition) is 7. The number of aliphatic imine (C=N–C) groups is 1. The maximum atomic E-state index is 13.8. The highest BCUT2D eigenvalue weighted by Crippen LogP contribution is 2.38. The van der Waals surface area contributed by atoms with E-state index in [-0.39, 0.29) is 54.4 Å². The summed E-state index contributed by atoms with van der Waals surface area (Å²) in [4.78, 5) is 65.5. The Morgan fingerprint density at radius 3 is 2.55 bits per heavy atom. The number of aromatic nitrogens is 3. The molecule has 20 heteroatoms. The van der Waals surface area contributed by atoms with Gasteiger partial charge in [0.15, 0.2) is 23.5 Å². The van der Waals surface area contributed by atoms with Crippen LogP contribution in [0.2, 0.25) is 0 Å². The summed E-state index contributed by atoms with van der Waals surface area (Å²) in [6.07, 6.45) is -0.634. The molecule has 6 atom stereocenters. The van der Waals surface area contributed by atoms with Crippen LogP contribution >= 0.6 is 0 Å². The first-order chi connectivity index (χ1) is 27.8. The zero-order valence-corrected chi connectivity index (χ0v) is 32.8. The topological polar surface area (TPSA) is 255 Å². The Labute approximate surface area is 334 Å². The van der Waals surface area contributed by atoms with E-state index in [0.717, 1.165) is 25.8 Å². The molecule has 7 N–H and O–H groups in total. The Morgan fingerprint density at radius 2 is 1.81 bits per heavy atom. The number of fused-ring (bicyclic) bond motifs is 2. The molecule has 4 amide bonds. The van der Waals surface area contributed by atoms with Crippen LogP contribution < -0.4 is 25.4 Å². The van der Waals surface area contributed by atoms with Gasteiger partial charge in [0, 0.05) is 51.2 Å². The number of aryl methyl sites for hydroxylation is 1. The number of methoxy groups -OCH3 is 1. The number of nitrogens with one attached hydrogen (secondary N) is 3. The summed E-state index contributed by atoms with van der Waals surface area (Å²) < 4.78 is 19.8. The van der Waals surface area contributed by atoms with Gasteiger partial charge in [-0.1, -0.05) is 0 Å². The van der Waals surface area contributed by atoms with E-state index in [4.69, 9.17) is 14.2 Å². The zero-order chi connectivity index (χ0) is 41.7. The highest BCUT2D eigenvalue weighted by Gasteiger charge is 2.45. The molecule has 1 aromatic carbocycles. The number of imidazole rings is 1. The molecule has 0 saturated carbocycles. The number of rotatable bonds is 16. The van der Waals surface area contributed by atoms with E-state index < -0.39 is 55.0 Å². The minimum atomic E-state index is -1.75. The van der Waals surface area contributed by atoms with E-state index in [1.165, 1.54) is 34.7 Å². The Balaban J connectivity index is 1.13. The van der Waals surface area contributed by atoms with Gasteiger partial charge in [-0.2, -0.15) is 0 Å². The number of aliphatic hydroxyl groups excluding tert-OH is 4. The number of hydrogen-bond acceptors (Lipinski definition) is 14. The van der Waals surface area contributed by atoms with Crippen molar-refractivity contribution in [1.29, 1.82) is 0 Å². The third-order valence-corrected chi connectivity index (χ3v) is 10.2. The number of carbonyl (C=O) groups is 4. The number of carbonyl (C=O) groups excluding carboxylic acids is 4. The predicted octanol–water partition coefficient (Wildman–Crippen LogP) is 0.255. The largest absolute Gasteiger partial charge is 0.493 e. The molecule has 0 aliphatic carbocycles. The van der Waals surface area contributed by atoms with Gasteiger partial charge in [0.1, 0.15) is 30.1 Å². The van der Waals surface area contributed by atoms with E-state index in [2.05, 4.69) is 25.9 Å². The number of benzene rings is 1. The Bertz CT molecular complexity index is 2010. The van der Waals surface area contributed by atoms with Crippen LogP contribution in [-0.4, -0.2) is 159 Å². The smallest absolute Gasteiger partial charge is 0.287 e. The lowest BCUT2D eigenvalue weighted by Gasteiger charge is -2.40. The van der Waals surface area contributed by atoms with Crippen LogP contribution in [0, 0.1) is 0 Å². The third-order valence-electron chi connectivity index (χ3n) is 10.2. The average molecular weight is 810 g/mol. The standard InChI is InChI=1S/C38H51N9O11/c1-44(2)11-7-10-39-36(54)34-42-29(19-45(34)3)43-35(53)25-14-21(18-47(25)38-33(52)32(51)31(50)28(20-48)58-38)41-30(49)9-6-13-57-27-16-24-23(15-26(27)56-4)37(55)46-12-5-8-22(46)17-40-24/h14-19,22,28,31-33,38,48,50-52H,5-13,20H2,1-4H3,(H,39,54)(H,41,49)(H,43,53)/t22-,28-,31-,32+,33-,38+/m1/s1. The van der Waals surface area contributed by atoms with E-state index in [1.54, 1.807) is 30.3 Å². The zero-order valence-electron chi connectivity index (χ0n) is 32.8. The molecule has 314 valence electrons. The fraction of sp³-hybridized carbons (Fsp3) is 0.526. The summed E-state index contributed by atoms with van der Waals surface area (Å²) in [6, 6.07) is 4.53. The molecule has 3 aliphatic heterocycles. The summed E-state index contributed by atoms with van der Waals surface area (Å²) in [5, 5.41) is 49.7. The molecule has 3 aromatic rings. The van der Waals surface area contributed by atoms with Crippen molar-refractivity contribution in [3.05, 3.63) is 47.7 Å². The second-order valence-electron chi connectivity index (χ2n) is 14.7. The van der Waals surface area contributed by atoms with Gasteiger partial charge in [-0.05, 0) is 58.5 Å². The van der Waals surface area contributed by atoms with E-state index in [1.807, 2.05) is 19.0 Å². The first kappa shape index (κ1) is 42.2. The molecule has 0 radical (unpaired) electrons. The monoisotopic (exact) mass is 809 g/mol. The number of ether oxygens (including phenoxy) is 3. The summed E-state index contributed by atoms with van der Waals surface area (Å²) in [5.41, 5.74) is 0.867. The van der Waals surface area contributed by atoms with Crippen molar-refractivity contribution in [2.45, 2.75) is 68.8 Å². The molecule has 2 fully saturated rings. The second kappa shape index (κ2) is 18.5. The maximum absolute atomic E-state index is 13.8. The quantitative estimate of drug-likeness (QED) is 0.0960. The lowest BCUT2D eigenvalue weighted by atomic mass is 9.98. The SMILES string of the molecule is COc1cc2c(cc1OCCCC(=O)Nc1cc(C(=O)Nc3cn(C)c(C(=O)NCCCN(C)C)n3)n([C@H]3O[C@H](CO)[C@@H](O)[C@H](O)[C@H]3O)c1)N=C[C@H]1CCCN1C2=O. The van der Waals surface area contributed by atoms with Crippen molar-refractivity contribution >= 4 is 47.0 Å². The molecule has 0 spiro atoms. The highest BCUT2D eigenvalue weighted by molar-refractivity contribution is 6.05. The first-order valence-corrected chi connectivity index (χ1v) is 19.1. The van der Waals surface area contributed by atoms with Gasteiger partial charge in [-0.3, -0.25) is 24.2 Å². The summed E-state index contributed by atoms with van der Waals surface area (Å²) in [6.45, 7) is 1.26. The van der Waals surface area contributed by atoms with Crippen LogP contribution in [0.4, 0.5) is 17.2 Å². The van der Waals surface area contributed by atoms with Crippen LogP contribution in [-0.2, 0) is 16.6 Å². The van der Waals surface area contributed by atoms with Crippen LogP contribution in [0.3, 0.4) is 0 Å². The van der Waals surface area contributed by atoms with Gasteiger partial charge in [-0.25, -0.2) is 4.98 Å². The van der Waals surface area contributed by atoms with Gasteiger partial charge in [0.25, 0.3) is 17.7 Å². The van der Waals surface area contributed by atoms with Crippen LogP contribution in [0.15, 0.2) is 35.6 Å². The fourth-order valence-corrected chi connectivity index (χ4v) is 7.10. The summed E-state index contributed by atoms with van der Waals surface area (Å²) >= 11 is 0. The summed E-state index contributed by atoms with van der Waals surface area (Å²) in [5.74, 6) is -0.986. The fourth-order valence-electron chi connectivity index (χ4n) is 7.10. The second-order valence-corrected chi connectivity index (χ2v) is 14.7. The molecule has 0 bridgehead atoms. The Morgan fingerprint density at radius 1 is 1.02 bits per heavy atom. The van der Waals surface area contributed by atoms with Gasteiger partial charge in [-0.15, -0.1) is 0 Å². The average Bonchev–Trinajstić information content (AvgIpc) is 3.92. The lowest BCUT2D eigenvalue weighted by molar-refractivity contribution is -0.251. The van der Waals surface area contributed by atoms with Gasteiger partial charge >= 0.3 is 0 Å². The first-order valence-electron chi connectivity index (χ1n) is 19.1. The molecule has 20 nitrogen and oxygen atoms in total. The van der Waals surface area contributed by atoms with Crippen molar-refractivity contribution in [3.63, 3.8) is 0 Å². The summed E-state index contributed by atoms with van der Waals surface area (Å²) in [7, 11) is 6.92. The van der Waals surface area contributed by atoms with Gasteiger partial charge < -0.3 is 69.5 Å². The van der Waals surface area contributed by atoms with Gasteiger partial charge in [0.05, 0.1) is 43.3 Å². The van der Waals surface area contributed by atoms with Crippen molar-refractivity contribution in [2.75, 3.05) is 64.7 Å². The lowest BCUT2D eigenvalue weighted by Crippen LogP contribution is -2.56. The van der Waals surface area contributed by atoms with Crippen molar-refractivity contribution in [2.24, 2.45) is 12.0 Å². The van der Waals surface area contributed by atoms with Crippen LogP contribution in [0.5, 0.6) is 11.5 Å². The molecule has 2 saturated heterocycles. The number of anilines is 2. The number of aliphatic hydroxyl groups is 4. The molecule has 6 rings (SSSR count). The molecular weight excluding hydrogens is 758 g/mol. The Hall–Kier alpha value is -5.38. The van der Waals surface area contributed by atoms with Crippen LogP contribution in [0.1, 0.15) is 69.8 Å². The van der Waals surface area contributed by atoms with Crippen molar-refractivity contribution in [1.82, 2.24) is 29.2 Å². The maximum Gasteiger partial charge on any atom is 0.287 e. The molecule has 2 aromatic heterocycles. The molecule has 3 aliphatic rings. The minimum Gasteiger partial charge on any atom is -0.493 e. The van der Waals surface area contributed by atoms with E-state index in [9.17, 15) is 39.6 Å². The van der Waals surface area contributed by atoms with Gasteiger partial charge in [0.2, 0.25) is 11.7 Å². The van der Waals surface area contributed by atoms with E-state index in [0.29, 0.717) is 35.8 Å². The molecule has 5 heterocycles. The molecule has 58 heavy (non-hydrogen) atoms. The minimum absolute atomic E-state index is 0.0127. The van der Waals surface area contributed by atoms with Crippen molar-refractivity contribution in [3.8, 4) is 11.5 Å². The highest BCUT2D eigenvalue weighted by atomic mass is 16.6. The van der Waals surface area contributed by atoms with E-state index >= 15 is 0 Å². The number of amides is 4. The third kappa shape index (κ3) is 9.32. The number of nitrogens with zero attached hydrogens (tertiary/aromatic N) is 6. The van der Waals surface area contributed by atoms with Crippen molar-refractivity contribution < 1.29 is 53.8 Å². The van der Waals surface area contributed by atoms with Crippen LogP contribution in [0.25, 0.3) is 0 Å². The molecule has 0 unspecified atom stereocenters.